The van der Waals surface area contributed by atoms with Gasteiger partial charge in [-0.2, -0.15) is 0 Å². The lowest BCUT2D eigenvalue weighted by atomic mass is 9.66. The van der Waals surface area contributed by atoms with E-state index in [0.717, 1.165) is 51.9 Å². The summed E-state index contributed by atoms with van der Waals surface area (Å²) < 4.78 is 1.51. The van der Waals surface area contributed by atoms with Gasteiger partial charge in [0.15, 0.2) is 0 Å². The zero-order chi connectivity index (χ0) is 19.8. The highest BCUT2D eigenvalue weighted by atomic mass is 16.3. The summed E-state index contributed by atoms with van der Waals surface area (Å²) in [4.78, 5) is 33.4. The fraction of sp³-hybridized carbons (Fsp3) is 0.750. The van der Waals surface area contributed by atoms with Crippen molar-refractivity contribution in [3.63, 3.8) is 0 Å². The van der Waals surface area contributed by atoms with Gasteiger partial charge in [0, 0.05) is 50.9 Å². The molecule has 154 valence electrons. The Labute approximate surface area is 165 Å². The third kappa shape index (κ3) is 3.49. The Morgan fingerprint density at radius 1 is 1.21 bits per heavy atom. The molecule has 3 fully saturated rings. The SMILES string of the molecule is CN1CCC(O)(Cn2cc(C(=O)N3CCNCC3)ncc2=O)C2(CCCC2)C1. The summed E-state index contributed by atoms with van der Waals surface area (Å²) in [7, 11) is 2.10. The second-order valence-corrected chi connectivity index (χ2v) is 8.79. The van der Waals surface area contributed by atoms with E-state index in [-0.39, 0.29) is 29.1 Å². The van der Waals surface area contributed by atoms with E-state index in [1.807, 2.05) is 0 Å². The van der Waals surface area contributed by atoms with Crippen LogP contribution in [0.15, 0.2) is 17.2 Å². The van der Waals surface area contributed by atoms with Crippen molar-refractivity contribution >= 4 is 5.91 Å². The van der Waals surface area contributed by atoms with Crippen LogP contribution in [0.5, 0.6) is 0 Å². The highest BCUT2D eigenvalue weighted by Crippen LogP contribution is 2.51. The second kappa shape index (κ2) is 7.57. The number of nitrogens with one attached hydrogen (secondary N) is 1. The van der Waals surface area contributed by atoms with Crippen LogP contribution in [0.3, 0.4) is 0 Å². The molecule has 2 aliphatic heterocycles. The first-order chi connectivity index (χ1) is 13.4. The van der Waals surface area contributed by atoms with Gasteiger partial charge in [-0.1, -0.05) is 12.8 Å². The largest absolute Gasteiger partial charge is 0.387 e. The molecule has 0 aromatic carbocycles. The standard InChI is InChI=1S/C20H31N5O3/c1-23-9-6-20(28,19(14-23)4-2-3-5-19)15-25-13-16(22-12-17(25)26)18(27)24-10-7-21-8-11-24/h12-13,21,28H,2-11,14-15H2,1H3. The van der Waals surface area contributed by atoms with Crippen LogP contribution in [-0.4, -0.2) is 82.3 Å². The highest BCUT2D eigenvalue weighted by molar-refractivity contribution is 5.92. The molecule has 3 aliphatic rings. The van der Waals surface area contributed by atoms with Crippen molar-refractivity contribution in [3.8, 4) is 0 Å². The van der Waals surface area contributed by atoms with Crippen LogP contribution < -0.4 is 10.9 Å². The molecule has 1 unspecified atom stereocenters. The number of aliphatic hydroxyl groups is 1. The van der Waals surface area contributed by atoms with E-state index < -0.39 is 5.60 Å². The Morgan fingerprint density at radius 2 is 1.93 bits per heavy atom. The average Bonchev–Trinajstić information content (AvgIpc) is 3.17. The summed E-state index contributed by atoms with van der Waals surface area (Å²) in [6.07, 6.45) is 7.61. The smallest absolute Gasteiger partial charge is 0.274 e. The first kappa shape index (κ1) is 19.5. The molecule has 28 heavy (non-hydrogen) atoms. The summed E-state index contributed by atoms with van der Waals surface area (Å²) >= 11 is 0. The minimum atomic E-state index is -0.934. The van der Waals surface area contributed by atoms with E-state index in [1.54, 1.807) is 11.1 Å². The van der Waals surface area contributed by atoms with Gasteiger partial charge in [-0.3, -0.25) is 9.59 Å². The molecular weight excluding hydrogens is 358 g/mol. The number of hydrogen-bond donors (Lipinski definition) is 2. The first-order valence-electron chi connectivity index (χ1n) is 10.4. The van der Waals surface area contributed by atoms with Crippen molar-refractivity contribution in [2.24, 2.45) is 5.41 Å². The molecule has 1 aliphatic carbocycles. The Hall–Kier alpha value is -1.77. The molecule has 0 radical (unpaired) electrons. The lowest BCUT2D eigenvalue weighted by molar-refractivity contribution is -0.139. The van der Waals surface area contributed by atoms with E-state index in [2.05, 4.69) is 22.2 Å². The van der Waals surface area contributed by atoms with Crippen LogP contribution >= 0.6 is 0 Å². The van der Waals surface area contributed by atoms with Crippen molar-refractivity contribution < 1.29 is 9.90 Å². The Kier molecular flexibility index (Phi) is 5.28. The Morgan fingerprint density at radius 3 is 2.64 bits per heavy atom. The van der Waals surface area contributed by atoms with Crippen molar-refractivity contribution in [3.05, 3.63) is 28.4 Å². The van der Waals surface area contributed by atoms with Gasteiger partial charge in [-0.05, 0) is 26.3 Å². The number of amides is 1. The van der Waals surface area contributed by atoms with Gasteiger partial charge in [-0.25, -0.2) is 4.98 Å². The lowest BCUT2D eigenvalue weighted by Gasteiger charge is -2.51. The van der Waals surface area contributed by atoms with E-state index >= 15 is 0 Å². The maximum Gasteiger partial charge on any atom is 0.274 e. The normalized spacial score (nSPS) is 28.0. The molecule has 0 bridgehead atoms. The molecule has 2 saturated heterocycles. The van der Waals surface area contributed by atoms with Gasteiger partial charge in [-0.15, -0.1) is 0 Å². The van der Waals surface area contributed by atoms with Crippen LogP contribution in [0.25, 0.3) is 0 Å². The fourth-order valence-corrected chi connectivity index (χ4v) is 5.30. The van der Waals surface area contributed by atoms with Crippen molar-refractivity contribution in [1.29, 1.82) is 0 Å². The lowest BCUT2D eigenvalue weighted by Crippen LogP contribution is -2.60. The van der Waals surface area contributed by atoms with Crippen LogP contribution in [0, 0.1) is 5.41 Å². The molecule has 4 rings (SSSR count). The van der Waals surface area contributed by atoms with Gasteiger partial charge in [0.1, 0.15) is 5.69 Å². The molecule has 1 aromatic heterocycles. The summed E-state index contributed by atoms with van der Waals surface area (Å²) in [5, 5.41) is 14.9. The third-order valence-electron chi connectivity index (χ3n) is 6.96. The number of rotatable bonds is 3. The number of hydrogen-bond acceptors (Lipinski definition) is 6. The maximum absolute atomic E-state index is 12.8. The van der Waals surface area contributed by atoms with Crippen molar-refractivity contribution in [1.82, 2.24) is 24.7 Å². The predicted molar refractivity (Wildman–Crippen MR) is 105 cm³/mol. The van der Waals surface area contributed by atoms with Crippen molar-refractivity contribution in [2.75, 3.05) is 46.3 Å². The first-order valence-corrected chi connectivity index (χ1v) is 10.4. The van der Waals surface area contributed by atoms with E-state index in [9.17, 15) is 14.7 Å². The summed E-state index contributed by atoms with van der Waals surface area (Å²) in [5.74, 6) is -0.152. The average molecular weight is 390 g/mol. The highest BCUT2D eigenvalue weighted by Gasteiger charge is 2.54. The number of nitrogens with zero attached hydrogens (tertiary/aromatic N) is 4. The van der Waals surface area contributed by atoms with Gasteiger partial charge in [0.05, 0.1) is 18.3 Å². The number of piperidine rings is 1. The van der Waals surface area contributed by atoms with Gasteiger partial charge in [0.25, 0.3) is 11.5 Å². The van der Waals surface area contributed by atoms with Crippen LogP contribution in [0.2, 0.25) is 0 Å². The zero-order valence-electron chi connectivity index (χ0n) is 16.7. The molecule has 1 spiro atoms. The van der Waals surface area contributed by atoms with E-state index in [1.165, 1.54) is 10.8 Å². The Bertz CT molecular complexity index is 782. The van der Waals surface area contributed by atoms with E-state index in [4.69, 9.17) is 0 Å². The number of carbonyl (C=O) groups excluding carboxylic acids is 1. The quantitative estimate of drug-likeness (QED) is 0.751. The number of carbonyl (C=O) groups is 1. The number of piperazine rings is 1. The van der Waals surface area contributed by atoms with Crippen LogP contribution in [0.1, 0.15) is 42.6 Å². The molecule has 1 atom stereocenters. The monoisotopic (exact) mass is 389 g/mol. The predicted octanol–water partition coefficient (Wildman–Crippen LogP) is -0.0843. The van der Waals surface area contributed by atoms with Crippen molar-refractivity contribution in [2.45, 2.75) is 44.2 Å². The third-order valence-corrected chi connectivity index (χ3v) is 6.96. The van der Waals surface area contributed by atoms with E-state index in [0.29, 0.717) is 19.5 Å². The van der Waals surface area contributed by atoms with Crippen LogP contribution in [-0.2, 0) is 6.54 Å². The number of likely N-dealkylation sites (tertiary alicyclic amines) is 1. The number of aromatic nitrogens is 2. The van der Waals surface area contributed by atoms with Gasteiger partial charge >= 0.3 is 0 Å². The molecule has 2 N–H and O–H groups in total. The minimum absolute atomic E-state index is 0.152. The fourth-order valence-electron chi connectivity index (χ4n) is 5.30. The summed E-state index contributed by atoms with van der Waals surface area (Å²) in [6.45, 7) is 4.70. The zero-order valence-corrected chi connectivity index (χ0v) is 16.7. The molecule has 1 saturated carbocycles. The van der Waals surface area contributed by atoms with Gasteiger partial charge < -0.3 is 24.8 Å². The molecule has 1 amide bonds. The summed E-state index contributed by atoms with van der Waals surface area (Å²) in [6, 6.07) is 0. The molecule has 8 heteroatoms. The topological polar surface area (TPSA) is 90.7 Å². The second-order valence-electron chi connectivity index (χ2n) is 8.79. The Balaban J connectivity index is 1.60. The molecule has 1 aromatic rings. The molecular formula is C20H31N5O3. The van der Waals surface area contributed by atoms with Crippen LogP contribution in [0.4, 0.5) is 0 Å². The van der Waals surface area contributed by atoms with Gasteiger partial charge in [0.2, 0.25) is 0 Å². The maximum atomic E-state index is 12.8. The molecule has 3 heterocycles. The minimum Gasteiger partial charge on any atom is -0.387 e. The molecule has 8 nitrogen and oxygen atoms in total. The summed E-state index contributed by atoms with van der Waals surface area (Å²) in [5.41, 5.74) is -1.10.